The number of benzene rings is 1. The van der Waals surface area contributed by atoms with Crippen molar-refractivity contribution in [2.75, 3.05) is 15.9 Å². The zero-order chi connectivity index (χ0) is 19.7. The van der Waals surface area contributed by atoms with Crippen molar-refractivity contribution >= 4 is 50.1 Å². The van der Waals surface area contributed by atoms with Gasteiger partial charge in [-0.1, -0.05) is 12.1 Å². The summed E-state index contributed by atoms with van der Waals surface area (Å²) in [5, 5.41) is 6.05. The summed E-state index contributed by atoms with van der Waals surface area (Å²) in [5.74, 6) is 0. The van der Waals surface area contributed by atoms with E-state index in [9.17, 15) is 8.42 Å². The molecule has 1 fully saturated rings. The lowest BCUT2D eigenvalue weighted by Crippen LogP contribution is -2.29. The van der Waals surface area contributed by atoms with Crippen LogP contribution >= 0.6 is 23.6 Å². The summed E-state index contributed by atoms with van der Waals surface area (Å²) in [6.45, 7) is 0. The number of hydrogen-bond donors (Lipinski definition) is 2. The summed E-state index contributed by atoms with van der Waals surface area (Å²) in [4.78, 5) is 7.75. The maximum absolute atomic E-state index is 11.4. The summed E-state index contributed by atoms with van der Waals surface area (Å²) in [5.41, 5.74) is 2.31. The second-order valence-corrected chi connectivity index (χ2v) is 9.55. The topological polar surface area (TPSA) is 74.3 Å². The van der Waals surface area contributed by atoms with Crippen molar-refractivity contribution < 1.29 is 8.42 Å². The molecular weight excluding hydrogens is 412 g/mol. The molecule has 2 aromatic heterocycles. The van der Waals surface area contributed by atoms with Gasteiger partial charge in [0.1, 0.15) is 0 Å². The normalized spacial score (nSPS) is 19.5. The van der Waals surface area contributed by atoms with Gasteiger partial charge in [0.05, 0.1) is 24.0 Å². The van der Waals surface area contributed by atoms with E-state index >= 15 is 0 Å². The van der Waals surface area contributed by atoms with Crippen LogP contribution in [0.4, 0.5) is 11.4 Å². The Morgan fingerprint density at radius 1 is 1.14 bits per heavy atom. The number of aromatic nitrogens is 1. The monoisotopic (exact) mass is 430 g/mol. The predicted molar refractivity (Wildman–Crippen MR) is 117 cm³/mol. The third-order valence-corrected chi connectivity index (χ3v) is 6.25. The van der Waals surface area contributed by atoms with Gasteiger partial charge >= 0.3 is 0 Å². The molecule has 9 heteroatoms. The lowest BCUT2D eigenvalue weighted by atomic mass is 10.0. The zero-order valence-corrected chi connectivity index (χ0v) is 17.4. The number of nitrogens with one attached hydrogen (secondary N) is 2. The lowest BCUT2D eigenvalue weighted by Gasteiger charge is -2.27. The average molecular weight is 431 g/mol. The van der Waals surface area contributed by atoms with Crippen LogP contribution in [0.3, 0.4) is 0 Å². The third-order valence-electron chi connectivity index (χ3n) is 4.38. The van der Waals surface area contributed by atoms with Gasteiger partial charge in [-0.2, -0.15) is 0 Å². The fraction of sp³-hybridized carbons (Fsp3) is 0.158. The highest BCUT2D eigenvalue weighted by Crippen LogP contribution is 2.43. The van der Waals surface area contributed by atoms with E-state index in [1.807, 2.05) is 41.8 Å². The van der Waals surface area contributed by atoms with Gasteiger partial charge in [-0.15, -0.1) is 11.3 Å². The van der Waals surface area contributed by atoms with Gasteiger partial charge in [0.2, 0.25) is 10.0 Å². The summed E-state index contributed by atoms with van der Waals surface area (Å²) in [7, 11) is -3.32. The van der Waals surface area contributed by atoms with E-state index in [4.69, 9.17) is 12.2 Å². The summed E-state index contributed by atoms with van der Waals surface area (Å²) in [6.07, 6.45) is 2.91. The highest BCUT2D eigenvalue weighted by molar-refractivity contribution is 7.92. The molecular formula is C19H18N4O2S3. The van der Waals surface area contributed by atoms with Crippen LogP contribution in [0.5, 0.6) is 0 Å². The molecule has 144 valence electrons. The molecule has 0 radical (unpaired) electrons. The number of sulfonamides is 1. The average Bonchev–Trinajstić information content (AvgIpc) is 3.29. The molecule has 3 aromatic rings. The van der Waals surface area contributed by atoms with Gasteiger partial charge < -0.3 is 10.2 Å². The molecule has 2 atom stereocenters. The first-order valence-electron chi connectivity index (χ1n) is 8.54. The first kappa shape index (κ1) is 18.9. The Kier molecular flexibility index (Phi) is 5.05. The van der Waals surface area contributed by atoms with Crippen LogP contribution in [0.1, 0.15) is 22.7 Å². The van der Waals surface area contributed by atoms with Crippen molar-refractivity contribution in [2.45, 2.75) is 12.1 Å². The molecule has 1 saturated heterocycles. The molecule has 0 saturated carbocycles. The van der Waals surface area contributed by atoms with Crippen LogP contribution in [0.15, 0.2) is 66.2 Å². The Morgan fingerprint density at radius 2 is 1.93 bits per heavy atom. The Morgan fingerprint density at radius 3 is 2.54 bits per heavy atom. The maximum atomic E-state index is 11.4. The van der Waals surface area contributed by atoms with E-state index in [1.165, 1.54) is 4.88 Å². The molecule has 28 heavy (non-hydrogen) atoms. The minimum absolute atomic E-state index is 0.0453. The predicted octanol–water partition coefficient (Wildman–Crippen LogP) is 3.69. The zero-order valence-electron chi connectivity index (χ0n) is 14.9. The third kappa shape index (κ3) is 3.87. The SMILES string of the molecule is CS(=O)(=O)Nc1ccc(N2C(=S)N[C@H](c3ccccn3)[C@H]2c2cccs2)cc1. The second-order valence-electron chi connectivity index (χ2n) is 6.43. The Hall–Kier alpha value is -2.49. The molecule has 1 aromatic carbocycles. The number of nitrogens with zero attached hydrogens (tertiary/aromatic N) is 2. The van der Waals surface area contributed by atoms with E-state index in [1.54, 1.807) is 29.7 Å². The molecule has 0 spiro atoms. The van der Waals surface area contributed by atoms with E-state index in [0.717, 1.165) is 17.6 Å². The summed E-state index contributed by atoms with van der Waals surface area (Å²) < 4.78 is 25.4. The van der Waals surface area contributed by atoms with Gasteiger partial charge in [0, 0.05) is 22.4 Å². The minimum atomic E-state index is -3.32. The van der Waals surface area contributed by atoms with Gasteiger partial charge in [-0.3, -0.25) is 9.71 Å². The molecule has 2 N–H and O–H groups in total. The van der Waals surface area contributed by atoms with Crippen LogP contribution in [0.25, 0.3) is 0 Å². The highest BCUT2D eigenvalue weighted by atomic mass is 32.2. The summed E-state index contributed by atoms with van der Waals surface area (Å²) in [6, 6.07) is 17.0. The molecule has 0 unspecified atom stereocenters. The number of anilines is 2. The maximum Gasteiger partial charge on any atom is 0.229 e. The van der Waals surface area contributed by atoms with E-state index in [2.05, 4.69) is 26.0 Å². The first-order valence-corrected chi connectivity index (χ1v) is 11.7. The Balaban J connectivity index is 1.71. The molecule has 0 bridgehead atoms. The fourth-order valence-electron chi connectivity index (χ4n) is 3.29. The minimum Gasteiger partial charge on any atom is -0.351 e. The van der Waals surface area contributed by atoms with Crippen molar-refractivity contribution in [1.82, 2.24) is 10.3 Å². The molecule has 0 aliphatic carbocycles. The fourth-order valence-corrected chi connectivity index (χ4v) is 5.05. The van der Waals surface area contributed by atoms with Crippen molar-refractivity contribution in [2.24, 2.45) is 0 Å². The van der Waals surface area contributed by atoms with Crippen molar-refractivity contribution in [3.05, 3.63) is 76.7 Å². The number of hydrogen-bond acceptors (Lipinski definition) is 5. The molecule has 1 aliphatic heterocycles. The molecule has 6 nitrogen and oxygen atoms in total. The quantitative estimate of drug-likeness (QED) is 0.602. The first-order chi connectivity index (χ1) is 13.4. The standard InChI is InChI=1S/C19H18N4O2S3/c1-28(24,25)22-13-7-9-14(10-8-13)23-18(16-6-4-12-27-16)17(21-19(23)26)15-5-2-3-11-20-15/h2-12,17-18,22H,1H3,(H,21,26)/t17-,18-/m1/s1. The lowest BCUT2D eigenvalue weighted by molar-refractivity contribution is 0.575. The van der Waals surface area contributed by atoms with Crippen molar-refractivity contribution in [3.8, 4) is 0 Å². The van der Waals surface area contributed by atoms with Crippen molar-refractivity contribution in [3.63, 3.8) is 0 Å². The van der Waals surface area contributed by atoms with Crippen LogP contribution in [-0.4, -0.2) is 24.8 Å². The number of thiocarbonyl (C=S) groups is 1. The van der Waals surface area contributed by atoms with Crippen LogP contribution in [0.2, 0.25) is 0 Å². The second kappa shape index (κ2) is 7.50. The smallest absolute Gasteiger partial charge is 0.229 e. The highest BCUT2D eigenvalue weighted by Gasteiger charge is 2.41. The number of rotatable bonds is 5. The molecule has 4 rings (SSSR count). The van der Waals surface area contributed by atoms with Crippen LogP contribution in [0, 0.1) is 0 Å². The Bertz CT molecular complexity index is 1070. The van der Waals surface area contributed by atoms with Gasteiger partial charge in [0.15, 0.2) is 5.11 Å². The van der Waals surface area contributed by atoms with E-state index < -0.39 is 10.0 Å². The number of thiophene rings is 1. The molecule has 0 amide bonds. The van der Waals surface area contributed by atoms with Crippen molar-refractivity contribution in [1.29, 1.82) is 0 Å². The number of pyridine rings is 1. The molecule has 1 aliphatic rings. The summed E-state index contributed by atoms with van der Waals surface area (Å²) >= 11 is 7.32. The van der Waals surface area contributed by atoms with E-state index in [0.29, 0.717) is 10.8 Å². The van der Waals surface area contributed by atoms with E-state index in [-0.39, 0.29) is 12.1 Å². The Labute approximate surface area is 173 Å². The van der Waals surface area contributed by atoms with Crippen LogP contribution < -0.4 is 14.9 Å². The van der Waals surface area contributed by atoms with Gasteiger partial charge in [-0.25, -0.2) is 8.42 Å². The van der Waals surface area contributed by atoms with Crippen LogP contribution in [-0.2, 0) is 10.0 Å². The largest absolute Gasteiger partial charge is 0.351 e. The molecule has 3 heterocycles. The van der Waals surface area contributed by atoms with Gasteiger partial charge in [-0.05, 0) is 60.1 Å². The van der Waals surface area contributed by atoms with Gasteiger partial charge in [0.25, 0.3) is 0 Å².